The van der Waals surface area contributed by atoms with E-state index in [1.807, 2.05) is 0 Å². The predicted octanol–water partition coefficient (Wildman–Crippen LogP) is 0.143. The fraction of sp³-hybridized carbons (Fsp3) is 0.800. The molecule has 0 rings (SSSR count). The molecule has 0 fully saturated rings. The number of hydrogen-bond acceptors (Lipinski definition) is 6. The van der Waals surface area contributed by atoms with Crippen LogP contribution in [0.25, 0.3) is 0 Å². The fourth-order valence-electron chi connectivity index (χ4n) is 1.35. The molecule has 0 atom stereocenters. The third-order valence-electron chi connectivity index (χ3n) is 2.23. The molecule has 0 saturated carbocycles. The van der Waals surface area contributed by atoms with Crippen molar-refractivity contribution in [3.63, 3.8) is 0 Å². The Balaban J connectivity index is 5.18. The molecule has 0 aromatic heterocycles. The molecule has 0 amide bonds. The minimum Gasteiger partial charge on any atom is -0.349 e. The number of methoxy groups -OCH3 is 4. The predicted molar refractivity (Wildman–Crippen MR) is 54.9 cm³/mol. The normalized spacial score (nSPS) is 11.9. The third-order valence-corrected chi connectivity index (χ3v) is 2.23. The Morgan fingerprint density at radius 2 is 1.50 bits per heavy atom. The van der Waals surface area contributed by atoms with Gasteiger partial charge in [0.2, 0.25) is 6.29 Å². The van der Waals surface area contributed by atoms with Gasteiger partial charge in [0, 0.05) is 34.9 Å². The minimum absolute atomic E-state index is 0.105. The summed E-state index contributed by atoms with van der Waals surface area (Å²) in [7, 11) is 5.02. The Morgan fingerprint density at radius 3 is 1.75 bits per heavy atom. The molecule has 0 aromatic carbocycles. The maximum atomic E-state index is 12.0. The zero-order valence-corrected chi connectivity index (χ0v) is 10.2. The molecular formula is C10H18O6. The average Bonchev–Trinajstić information content (AvgIpc) is 2.32. The Hall–Kier alpha value is -0.820. The van der Waals surface area contributed by atoms with E-state index < -0.39 is 23.6 Å². The first-order valence-corrected chi connectivity index (χ1v) is 4.77. The van der Waals surface area contributed by atoms with Crippen molar-refractivity contribution in [2.45, 2.75) is 25.4 Å². The molecular weight excluding hydrogens is 216 g/mol. The summed E-state index contributed by atoms with van der Waals surface area (Å²) in [6.07, 6.45) is -1.09. The van der Waals surface area contributed by atoms with Crippen LogP contribution in [0.2, 0.25) is 0 Å². The standard InChI is InChI=1S/C10H18O6/c1-6-7(11)10(15-4,16-5)8(12)9(13-2)14-3/h9H,6H2,1-5H3. The Labute approximate surface area is 94.8 Å². The molecule has 0 aromatic rings. The minimum atomic E-state index is -1.95. The zero-order chi connectivity index (χ0) is 12.8. The number of carbonyl (C=O) groups excluding carboxylic acids is 2. The highest BCUT2D eigenvalue weighted by Crippen LogP contribution is 2.19. The van der Waals surface area contributed by atoms with Gasteiger partial charge in [0.15, 0.2) is 5.78 Å². The van der Waals surface area contributed by atoms with E-state index in [4.69, 9.17) is 18.9 Å². The van der Waals surface area contributed by atoms with Crippen LogP contribution in [0, 0.1) is 0 Å². The Morgan fingerprint density at radius 1 is 1.06 bits per heavy atom. The number of hydrogen-bond donors (Lipinski definition) is 0. The molecule has 6 nitrogen and oxygen atoms in total. The van der Waals surface area contributed by atoms with Gasteiger partial charge in [0.05, 0.1) is 0 Å². The zero-order valence-electron chi connectivity index (χ0n) is 10.2. The highest BCUT2D eigenvalue weighted by Gasteiger charge is 2.49. The van der Waals surface area contributed by atoms with E-state index in [1.165, 1.54) is 28.4 Å². The maximum absolute atomic E-state index is 12.0. The molecule has 0 N–H and O–H groups in total. The SMILES string of the molecule is CCC(=O)C(OC)(OC)C(=O)C(OC)OC. The van der Waals surface area contributed by atoms with Crippen LogP contribution in [0.4, 0.5) is 0 Å². The van der Waals surface area contributed by atoms with Gasteiger partial charge < -0.3 is 18.9 Å². The van der Waals surface area contributed by atoms with Crippen LogP contribution >= 0.6 is 0 Å². The summed E-state index contributed by atoms with van der Waals surface area (Å²) in [4.78, 5) is 23.7. The number of rotatable bonds is 8. The lowest BCUT2D eigenvalue weighted by molar-refractivity contribution is -0.225. The van der Waals surface area contributed by atoms with Crippen LogP contribution in [0.15, 0.2) is 0 Å². The summed E-state index contributed by atoms with van der Waals surface area (Å²) in [5.74, 6) is -3.15. The first-order valence-electron chi connectivity index (χ1n) is 4.77. The first kappa shape index (κ1) is 15.2. The molecule has 16 heavy (non-hydrogen) atoms. The molecule has 0 heterocycles. The van der Waals surface area contributed by atoms with Crippen molar-refractivity contribution < 1.29 is 28.5 Å². The molecule has 0 aliphatic heterocycles. The summed E-state index contributed by atoms with van der Waals surface area (Å²) in [6, 6.07) is 0. The van der Waals surface area contributed by atoms with Crippen molar-refractivity contribution in [3.05, 3.63) is 0 Å². The highest BCUT2D eigenvalue weighted by atomic mass is 16.7. The van der Waals surface area contributed by atoms with E-state index in [9.17, 15) is 9.59 Å². The molecule has 0 aliphatic carbocycles. The molecule has 0 aliphatic rings. The summed E-state index contributed by atoms with van der Waals surface area (Å²) < 4.78 is 19.4. The van der Waals surface area contributed by atoms with Gasteiger partial charge in [-0.05, 0) is 0 Å². The molecule has 0 saturated heterocycles. The van der Waals surface area contributed by atoms with E-state index in [-0.39, 0.29) is 6.42 Å². The largest absolute Gasteiger partial charge is 0.349 e. The van der Waals surface area contributed by atoms with Crippen LogP contribution < -0.4 is 0 Å². The fourth-order valence-corrected chi connectivity index (χ4v) is 1.35. The van der Waals surface area contributed by atoms with Gasteiger partial charge in [-0.1, -0.05) is 6.92 Å². The molecule has 6 heteroatoms. The van der Waals surface area contributed by atoms with E-state index >= 15 is 0 Å². The topological polar surface area (TPSA) is 71.1 Å². The smallest absolute Gasteiger partial charge is 0.295 e. The van der Waals surface area contributed by atoms with Crippen LogP contribution in [-0.2, 0) is 28.5 Å². The summed E-state index contributed by atoms with van der Waals surface area (Å²) >= 11 is 0. The molecule has 0 radical (unpaired) electrons. The van der Waals surface area contributed by atoms with Gasteiger partial charge in [-0.25, -0.2) is 0 Å². The summed E-state index contributed by atoms with van der Waals surface area (Å²) in [5.41, 5.74) is 0. The van der Waals surface area contributed by atoms with Crippen molar-refractivity contribution in [3.8, 4) is 0 Å². The molecule has 0 spiro atoms. The highest BCUT2D eigenvalue weighted by molar-refractivity contribution is 6.10. The lowest BCUT2D eigenvalue weighted by Gasteiger charge is -2.29. The molecule has 0 bridgehead atoms. The van der Waals surface area contributed by atoms with Gasteiger partial charge in [-0.2, -0.15) is 0 Å². The van der Waals surface area contributed by atoms with Gasteiger partial charge in [-0.3, -0.25) is 9.59 Å². The van der Waals surface area contributed by atoms with E-state index in [0.29, 0.717) is 0 Å². The molecule has 94 valence electrons. The summed E-state index contributed by atoms with van der Waals surface area (Å²) in [5, 5.41) is 0. The maximum Gasteiger partial charge on any atom is 0.295 e. The van der Waals surface area contributed by atoms with Crippen molar-refractivity contribution in [2.24, 2.45) is 0 Å². The van der Waals surface area contributed by atoms with Gasteiger partial charge in [-0.15, -0.1) is 0 Å². The van der Waals surface area contributed by atoms with E-state index in [0.717, 1.165) is 0 Å². The Kier molecular flexibility index (Phi) is 6.35. The van der Waals surface area contributed by atoms with Gasteiger partial charge >= 0.3 is 0 Å². The lowest BCUT2D eigenvalue weighted by Crippen LogP contribution is -2.55. The number of carbonyl (C=O) groups is 2. The van der Waals surface area contributed by atoms with Crippen molar-refractivity contribution >= 4 is 11.6 Å². The van der Waals surface area contributed by atoms with Crippen LogP contribution in [0.3, 0.4) is 0 Å². The van der Waals surface area contributed by atoms with Crippen molar-refractivity contribution in [1.29, 1.82) is 0 Å². The van der Waals surface area contributed by atoms with E-state index in [1.54, 1.807) is 6.92 Å². The van der Waals surface area contributed by atoms with Crippen molar-refractivity contribution in [1.82, 2.24) is 0 Å². The number of ketones is 2. The second-order valence-corrected chi connectivity index (χ2v) is 2.97. The number of ether oxygens (including phenoxy) is 4. The first-order chi connectivity index (χ1) is 7.53. The number of Topliss-reactive ketones (excluding diaryl/α,β-unsaturated/α-hetero) is 2. The monoisotopic (exact) mass is 234 g/mol. The van der Waals surface area contributed by atoms with Crippen LogP contribution in [-0.4, -0.2) is 52.1 Å². The summed E-state index contributed by atoms with van der Waals surface area (Å²) in [6.45, 7) is 1.61. The molecule has 0 unspecified atom stereocenters. The van der Waals surface area contributed by atoms with Crippen LogP contribution in [0.5, 0.6) is 0 Å². The van der Waals surface area contributed by atoms with Gasteiger partial charge in [0.25, 0.3) is 11.6 Å². The average molecular weight is 234 g/mol. The van der Waals surface area contributed by atoms with Crippen molar-refractivity contribution in [2.75, 3.05) is 28.4 Å². The second kappa shape index (κ2) is 6.70. The lowest BCUT2D eigenvalue weighted by atomic mass is 10.0. The van der Waals surface area contributed by atoms with Crippen LogP contribution in [0.1, 0.15) is 13.3 Å². The Bertz CT molecular complexity index is 242. The van der Waals surface area contributed by atoms with Gasteiger partial charge in [0.1, 0.15) is 0 Å². The van der Waals surface area contributed by atoms with E-state index in [2.05, 4.69) is 0 Å². The third kappa shape index (κ3) is 2.65. The quantitative estimate of drug-likeness (QED) is 0.439. The second-order valence-electron chi connectivity index (χ2n) is 2.97.